The van der Waals surface area contributed by atoms with Gasteiger partial charge in [-0.25, -0.2) is 4.79 Å². The Morgan fingerprint density at radius 2 is 1.81 bits per heavy atom. The van der Waals surface area contributed by atoms with Gasteiger partial charge in [-0.05, 0) is 41.8 Å². The number of methoxy groups -OCH3 is 2. The summed E-state index contributed by atoms with van der Waals surface area (Å²) in [5, 5.41) is 12.2. The number of ether oxygens (including phenoxy) is 2. The van der Waals surface area contributed by atoms with Crippen LogP contribution in [0.15, 0.2) is 42.5 Å². The highest BCUT2D eigenvalue weighted by Crippen LogP contribution is 2.27. The second-order valence-electron chi connectivity index (χ2n) is 5.58. The standard InChI is InChI=1S/C19H20ClNO5/c1-25-14-7-3-12(4-8-14)5-10-17(22)21-18(19(23)24)13-6-9-16(26-2)15(20)11-13/h3-4,6-9,11,18H,5,10H2,1-2H3,(H,21,22)(H,23,24). The van der Waals surface area contributed by atoms with E-state index < -0.39 is 12.0 Å². The minimum atomic E-state index is -1.18. The van der Waals surface area contributed by atoms with Gasteiger partial charge in [-0.3, -0.25) is 4.79 Å². The lowest BCUT2D eigenvalue weighted by Crippen LogP contribution is -2.33. The van der Waals surface area contributed by atoms with Gasteiger partial charge in [-0.2, -0.15) is 0 Å². The molecule has 2 aromatic rings. The van der Waals surface area contributed by atoms with Gasteiger partial charge in [0.05, 0.1) is 19.2 Å². The lowest BCUT2D eigenvalue weighted by Gasteiger charge is -2.16. The summed E-state index contributed by atoms with van der Waals surface area (Å²) in [7, 11) is 3.05. The zero-order valence-electron chi connectivity index (χ0n) is 14.5. The first-order valence-corrected chi connectivity index (χ1v) is 8.31. The molecule has 6 nitrogen and oxygen atoms in total. The lowest BCUT2D eigenvalue weighted by molar-refractivity contribution is -0.142. The topological polar surface area (TPSA) is 84.9 Å². The summed E-state index contributed by atoms with van der Waals surface area (Å²) in [6.45, 7) is 0. The van der Waals surface area contributed by atoms with Crippen molar-refractivity contribution in [2.75, 3.05) is 14.2 Å². The Morgan fingerprint density at radius 3 is 2.35 bits per heavy atom. The van der Waals surface area contributed by atoms with E-state index in [0.717, 1.165) is 11.3 Å². The third-order valence-corrected chi connectivity index (χ3v) is 4.16. The average molecular weight is 378 g/mol. The number of carboxylic acids is 1. The van der Waals surface area contributed by atoms with Crippen LogP contribution in [0.1, 0.15) is 23.6 Å². The van der Waals surface area contributed by atoms with Crippen LogP contribution in [-0.2, 0) is 16.0 Å². The van der Waals surface area contributed by atoms with Crippen molar-refractivity contribution in [3.8, 4) is 11.5 Å². The molecule has 0 aliphatic rings. The second kappa shape index (κ2) is 9.10. The smallest absolute Gasteiger partial charge is 0.330 e. The van der Waals surface area contributed by atoms with Crippen molar-refractivity contribution in [2.45, 2.75) is 18.9 Å². The van der Waals surface area contributed by atoms with E-state index in [-0.39, 0.29) is 17.4 Å². The van der Waals surface area contributed by atoms with E-state index in [0.29, 0.717) is 17.7 Å². The molecule has 1 amide bonds. The maximum atomic E-state index is 12.2. The van der Waals surface area contributed by atoms with Crippen molar-refractivity contribution < 1.29 is 24.2 Å². The number of carboxylic acid groups (broad SMARTS) is 1. The minimum Gasteiger partial charge on any atom is -0.497 e. The number of halogens is 1. The molecule has 0 saturated carbocycles. The monoisotopic (exact) mass is 377 g/mol. The zero-order chi connectivity index (χ0) is 19.1. The molecule has 0 heterocycles. The van der Waals surface area contributed by atoms with E-state index in [1.807, 2.05) is 24.3 Å². The Morgan fingerprint density at radius 1 is 1.12 bits per heavy atom. The number of amides is 1. The molecular weight excluding hydrogens is 358 g/mol. The maximum absolute atomic E-state index is 12.2. The molecule has 0 saturated heterocycles. The van der Waals surface area contributed by atoms with Crippen LogP contribution in [0.2, 0.25) is 5.02 Å². The molecule has 0 aliphatic heterocycles. The first kappa shape index (κ1) is 19.6. The van der Waals surface area contributed by atoms with Gasteiger partial charge in [0, 0.05) is 6.42 Å². The number of nitrogens with one attached hydrogen (secondary N) is 1. The average Bonchev–Trinajstić information content (AvgIpc) is 2.64. The van der Waals surface area contributed by atoms with Gasteiger partial charge in [0.2, 0.25) is 5.91 Å². The van der Waals surface area contributed by atoms with Crippen molar-refractivity contribution in [3.05, 3.63) is 58.6 Å². The van der Waals surface area contributed by atoms with Crippen molar-refractivity contribution in [1.82, 2.24) is 5.32 Å². The Hall–Kier alpha value is -2.73. The number of carbonyl (C=O) groups is 2. The van der Waals surface area contributed by atoms with Gasteiger partial charge < -0.3 is 19.9 Å². The van der Waals surface area contributed by atoms with E-state index in [4.69, 9.17) is 21.1 Å². The number of benzene rings is 2. The van der Waals surface area contributed by atoms with Gasteiger partial charge in [0.1, 0.15) is 11.5 Å². The van der Waals surface area contributed by atoms with E-state index in [1.165, 1.54) is 13.2 Å². The quantitative estimate of drug-likeness (QED) is 0.737. The molecular formula is C19H20ClNO5. The maximum Gasteiger partial charge on any atom is 0.330 e. The van der Waals surface area contributed by atoms with E-state index in [1.54, 1.807) is 19.2 Å². The molecule has 138 valence electrons. The summed E-state index contributed by atoms with van der Waals surface area (Å²) in [5.74, 6) is -0.352. The molecule has 0 radical (unpaired) electrons. The number of aliphatic carboxylic acids is 1. The third-order valence-electron chi connectivity index (χ3n) is 3.86. The zero-order valence-corrected chi connectivity index (χ0v) is 15.2. The van der Waals surface area contributed by atoms with Gasteiger partial charge in [0.25, 0.3) is 0 Å². The number of rotatable bonds is 8. The highest BCUT2D eigenvalue weighted by molar-refractivity contribution is 6.32. The molecule has 0 spiro atoms. The van der Waals surface area contributed by atoms with Crippen LogP contribution in [0.5, 0.6) is 11.5 Å². The highest BCUT2D eigenvalue weighted by Gasteiger charge is 2.23. The summed E-state index contributed by atoms with van der Waals surface area (Å²) in [6.07, 6.45) is 0.658. The van der Waals surface area contributed by atoms with Crippen LogP contribution in [0.3, 0.4) is 0 Å². The van der Waals surface area contributed by atoms with Gasteiger partial charge in [-0.1, -0.05) is 29.8 Å². The molecule has 26 heavy (non-hydrogen) atoms. The molecule has 7 heteroatoms. The first-order valence-electron chi connectivity index (χ1n) is 7.93. The molecule has 0 bridgehead atoms. The molecule has 0 fully saturated rings. The second-order valence-corrected chi connectivity index (χ2v) is 5.99. The normalized spacial score (nSPS) is 11.5. The van der Waals surface area contributed by atoms with Crippen LogP contribution in [0.25, 0.3) is 0 Å². The number of hydrogen-bond acceptors (Lipinski definition) is 4. The number of carbonyl (C=O) groups excluding carboxylic acids is 1. The van der Waals surface area contributed by atoms with Gasteiger partial charge in [0.15, 0.2) is 6.04 Å². The molecule has 0 aromatic heterocycles. The fraction of sp³-hybridized carbons (Fsp3) is 0.263. The van der Waals surface area contributed by atoms with Crippen LogP contribution in [0, 0.1) is 0 Å². The van der Waals surface area contributed by atoms with Crippen LogP contribution in [-0.4, -0.2) is 31.2 Å². The fourth-order valence-corrected chi connectivity index (χ4v) is 2.70. The molecule has 0 aliphatic carbocycles. The van der Waals surface area contributed by atoms with Crippen molar-refractivity contribution >= 4 is 23.5 Å². The highest BCUT2D eigenvalue weighted by atomic mass is 35.5. The minimum absolute atomic E-state index is 0.167. The summed E-state index contributed by atoms with van der Waals surface area (Å²) < 4.78 is 10.1. The summed E-state index contributed by atoms with van der Waals surface area (Å²) in [5.41, 5.74) is 1.33. The molecule has 1 unspecified atom stereocenters. The predicted molar refractivity (Wildman–Crippen MR) is 97.8 cm³/mol. The van der Waals surface area contributed by atoms with Crippen LogP contribution >= 0.6 is 11.6 Å². The van der Waals surface area contributed by atoms with E-state index in [9.17, 15) is 14.7 Å². The predicted octanol–water partition coefficient (Wildman–Crippen LogP) is 3.23. The largest absolute Gasteiger partial charge is 0.497 e. The number of aryl methyl sites for hydroxylation is 1. The van der Waals surface area contributed by atoms with Crippen molar-refractivity contribution in [2.24, 2.45) is 0 Å². The Kier molecular flexibility index (Phi) is 6.86. The van der Waals surface area contributed by atoms with Crippen LogP contribution in [0.4, 0.5) is 0 Å². The Labute approximate surface area is 156 Å². The molecule has 2 rings (SSSR count). The van der Waals surface area contributed by atoms with E-state index >= 15 is 0 Å². The van der Waals surface area contributed by atoms with Crippen LogP contribution < -0.4 is 14.8 Å². The Bertz CT molecular complexity index is 776. The van der Waals surface area contributed by atoms with Crippen molar-refractivity contribution in [1.29, 1.82) is 0 Å². The molecule has 2 aromatic carbocycles. The Balaban J connectivity index is 2.01. The summed E-state index contributed by atoms with van der Waals surface area (Å²) in [4.78, 5) is 23.7. The summed E-state index contributed by atoms with van der Waals surface area (Å²) >= 11 is 6.04. The van der Waals surface area contributed by atoms with Crippen molar-refractivity contribution in [3.63, 3.8) is 0 Å². The van der Waals surface area contributed by atoms with Gasteiger partial charge in [-0.15, -0.1) is 0 Å². The SMILES string of the molecule is COc1ccc(CCC(=O)NC(C(=O)O)c2ccc(OC)c(Cl)c2)cc1. The van der Waals surface area contributed by atoms with Gasteiger partial charge >= 0.3 is 5.97 Å². The molecule has 2 N–H and O–H groups in total. The first-order chi connectivity index (χ1) is 12.4. The summed E-state index contributed by atoms with van der Waals surface area (Å²) in [6, 6.07) is 10.8. The fourth-order valence-electron chi connectivity index (χ4n) is 2.43. The number of hydrogen-bond donors (Lipinski definition) is 2. The molecule has 1 atom stereocenters. The van der Waals surface area contributed by atoms with E-state index in [2.05, 4.69) is 5.32 Å². The lowest BCUT2D eigenvalue weighted by atomic mass is 10.1. The third kappa shape index (κ3) is 5.13.